The van der Waals surface area contributed by atoms with Crippen LogP contribution in [0.15, 0.2) is 29.5 Å². The standard InChI is InChI=1S/C10H11NO3/c1-7(2)14-10-6-9(11(12)13)5-4-8(10)3/h3-7H,1-2H3. The molecule has 0 aromatic rings. The van der Waals surface area contributed by atoms with Gasteiger partial charge in [-0.05, 0) is 6.08 Å². The molecule has 0 aliphatic heterocycles. The number of hydrogen-bond donors (Lipinski definition) is 0. The Bertz CT molecular complexity index is 362. The van der Waals surface area contributed by atoms with Gasteiger partial charge in [-0.25, -0.2) is 6.58 Å². The van der Waals surface area contributed by atoms with E-state index in [0.717, 1.165) is 0 Å². The van der Waals surface area contributed by atoms with Crippen LogP contribution in [0.4, 0.5) is 0 Å². The molecule has 0 atom stereocenters. The Kier molecular flexibility index (Phi) is 2.96. The molecule has 0 aromatic carbocycles. The summed E-state index contributed by atoms with van der Waals surface area (Å²) in [6, 6.07) is 0. The van der Waals surface area contributed by atoms with E-state index in [1.807, 2.05) is 13.8 Å². The van der Waals surface area contributed by atoms with E-state index in [0.29, 0.717) is 11.4 Å². The number of rotatable bonds is 2. The molecule has 0 spiro atoms. The van der Waals surface area contributed by atoms with E-state index in [9.17, 15) is 10.1 Å². The molecular formula is C10H11NO3. The average Bonchev–Trinajstić information content (AvgIpc) is 2.07. The lowest BCUT2D eigenvalue weighted by molar-refractivity contribution is -0.492. The van der Waals surface area contributed by atoms with E-state index < -0.39 is 4.92 Å². The predicted molar refractivity (Wildman–Crippen MR) is 52.2 cm³/mol. The minimum Gasteiger partial charge on any atom is -0.311 e. The minimum atomic E-state index is -0.480. The van der Waals surface area contributed by atoms with Crippen molar-refractivity contribution in [2.45, 2.75) is 20.0 Å². The Hall–Kier alpha value is -1.71. The Balaban J connectivity index is 3.03. The van der Waals surface area contributed by atoms with Crippen LogP contribution in [-0.4, -0.2) is 16.8 Å². The fourth-order valence-corrected chi connectivity index (χ4v) is 0.993. The fourth-order valence-electron chi connectivity index (χ4n) is 0.993. The van der Waals surface area contributed by atoms with Gasteiger partial charge in [0.25, 0.3) is 11.8 Å². The maximum Gasteiger partial charge on any atom is 0.254 e. The first-order valence-electron chi connectivity index (χ1n) is 4.21. The van der Waals surface area contributed by atoms with Crippen LogP contribution in [0.2, 0.25) is 0 Å². The molecule has 1 aliphatic rings. The highest BCUT2D eigenvalue weighted by Crippen LogP contribution is 2.11. The minimum absolute atomic E-state index is 0.0187. The zero-order valence-electron chi connectivity index (χ0n) is 8.06. The normalized spacial score (nSPS) is 18.9. The molecule has 0 bridgehead atoms. The van der Waals surface area contributed by atoms with Gasteiger partial charge in [-0.2, -0.15) is 0 Å². The van der Waals surface area contributed by atoms with Crippen molar-refractivity contribution in [1.82, 2.24) is 0 Å². The second-order valence-electron chi connectivity index (χ2n) is 3.15. The van der Waals surface area contributed by atoms with E-state index in [4.69, 9.17) is 11.0 Å². The monoisotopic (exact) mass is 193 g/mol. The molecule has 14 heavy (non-hydrogen) atoms. The third kappa shape index (κ3) is 2.39. The zero-order chi connectivity index (χ0) is 10.7. The van der Waals surface area contributed by atoms with E-state index in [1.165, 1.54) is 18.2 Å². The average molecular weight is 193 g/mol. The first-order valence-corrected chi connectivity index (χ1v) is 4.21. The summed E-state index contributed by atoms with van der Waals surface area (Å²) in [6.45, 7) is 9.25. The summed E-state index contributed by atoms with van der Waals surface area (Å²) in [7, 11) is 0. The van der Waals surface area contributed by atoms with Crippen LogP contribution >= 0.6 is 0 Å². The van der Waals surface area contributed by atoms with Crippen molar-refractivity contribution in [3.63, 3.8) is 0 Å². The van der Waals surface area contributed by atoms with E-state index in [2.05, 4.69) is 0 Å². The highest BCUT2D eigenvalue weighted by Gasteiger charge is 2.16. The molecule has 0 heterocycles. The summed E-state index contributed by atoms with van der Waals surface area (Å²) in [5, 5.41) is 10.5. The van der Waals surface area contributed by atoms with Crippen molar-refractivity contribution < 1.29 is 9.35 Å². The molecule has 4 nitrogen and oxygen atoms in total. The first kappa shape index (κ1) is 10.4. The molecule has 4 heteroatoms. The van der Waals surface area contributed by atoms with Crippen molar-refractivity contribution in [2.75, 3.05) is 0 Å². The van der Waals surface area contributed by atoms with Crippen molar-refractivity contribution in [1.29, 1.82) is 0 Å². The molecule has 0 unspecified atom stereocenters. The number of ketones is 1. The molecule has 1 aliphatic carbocycles. The summed E-state index contributed by atoms with van der Waals surface area (Å²) in [6.07, 6.45) is 4.09. The fraction of sp³-hybridized carbons (Fsp3) is 0.300. The number of nitro groups is 1. The van der Waals surface area contributed by atoms with Crippen molar-refractivity contribution in [3.05, 3.63) is 46.2 Å². The summed E-state index contributed by atoms with van der Waals surface area (Å²) in [4.78, 5) is 9.98. The van der Waals surface area contributed by atoms with Gasteiger partial charge in [-0.3, -0.25) is 10.1 Å². The van der Waals surface area contributed by atoms with Gasteiger partial charge in [0.15, 0.2) is 0 Å². The smallest absolute Gasteiger partial charge is 0.254 e. The number of hydrogen-bond acceptors (Lipinski definition) is 2. The number of allylic oxidation sites excluding steroid dienone is 4. The molecule has 0 saturated heterocycles. The molecule has 0 amide bonds. The number of nitrogens with zero attached hydrogens (tertiary/aromatic N) is 1. The van der Waals surface area contributed by atoms with Gasteiger partial charge in [0.05, 0.1) is 11.0 Å². The third-order valence-electron chi connectivity index (χ3n) is 1.57. The Morgan fingerprint density at radius 1 is 1.50 bits per heavy atom. The molecule has 0 N–H and O–H groups in total. The highest BCUT2D eigenvalue weighted by molar-refractivity contribution is 6.07. The van der Waals surface area contributed by atoms with Gasteiger partial charge in [-0.15, -0.1) is 6.08 Å². The Morgan fingerprint density at radius 3 is 2.64 bits per heavy atom. The lowest BCUT2D eigenvalue weighted by Crippen LogP contribution is -2.12. The van der Waals surface area contributed by atoms with Crippen LogP contribution in [0.25, 0.3) is 0 Å². The van der Waals surface area contributed by atoms with Crippen molar-refractivity contribution >= 4 is 5.78 Å². The molecule has 0 radical (unpaired) electrons. The SMILES string of the molecule is [CH-]=C1C=CC([N+](=O)[O-])=CC1=[O+]C(C)C. The molecular weight excluding hydrogens is 182 g/mol. The highest BCUT2D eigenvalue weighted by atomic mass is 16.6. The summed E-state index contributed by atoms with van der Waals surface area (Å²) < 4.78 is 5.31. The van der Waals surface area contributed by atoms with Crippen LogP contribution in [0.5, 0.6) is 0 Å². The van der Waals surface area contributed by atoms with Gasteiger partial charge < -0.3 is 4.42 Å². The Morgan fingerprint density at radius 2 is 2.14 bits per heavy atom. The molecule has 0 saturated carbocycles. The van der Waals surface area contributed by atoms with E-state index in [-0.39, 0.29) is 11.8 Å². The third-order valence-corrected chi connectivity index (χ3v) is 1.57. The van der Waals surface area contributed by atoms with Crippen molar-refractivity contribution in [2.24, 2.45) is 0 Å². The molecule has 74 valence electrons. The first-order chi connectivity index (χ1) is 6.50. The quantitative estimate of drug-likeness (QED) is 0.220. The van der Waals surface area contributed by atoms with Gasteiger partial charge in [0.2, 0.25) is 5.78 Å². The lowest BCUT2D eigenvalue weighted by Gasteiger charge is -2.05. The summed E-state index contributed by atoms with van der Waals surface area (Å²) in [5.41, 5.74) is 0.388. The van der Waals surface area contributed by atoms with Gasteiger partial charge in [0, 0.05) is 13.8 Å². The summed E-state index contributed by atoms with van der Waals surface area (Å²) >= 11 is 0. The second-order valence-corrected chi connectivity index (χ2v) is 3.15. The molecule has 0 fully saturated rings. The van der Waals surface area contributed by atoms with Crippen LogP contribution in [0.3, 0.4) is 0 Å². The van der Waals surface area contributed by atoms with Gasteiger partial charge in [-0.1, -0.05) is 5.57 Å². The number of carbonyl (C=O) groups excluding carboxylic acids is 1. The largest absolute Gasteiger partial charge is 0.311 e. The Labute approximate surface area is 82.1 Å². The van der Waals surface area contributed by atoms with Gasteiger partial charge >= 0.3 is 0 Å². The topological polar surface area (TPSA) is 54.4 Å². The van der Waals surface area contributed by atoms with Crippen LogP contribution in [-0.2, 0) is 4.42 Å². The maximum atomic E-state index is 10.5. The van der Waals surface area contributed by atoms with Crippen LogP contribution in [0.1, 0.15) is 13.8 Å². The van der Waals surface area contributed by atoms with Crippen LogP contribution in [0, 0.1) is 16.7 Å². The predicted octanol–water partition coefficient (Wildman–Crippen LogP) is 1.59. The maximum absolute atomic E-state index is 10.5. The van der Waals surface area contributed by atoms with E-state index in [1.54, 1.807) is 0 Å². The molecule has 1 rings (SSSR count). The zero-order valence-corrected chi connectivity index (χ0v) is 8.06. The van der Waals surface area contributed by atoms with E-state index >= 15 is 0 Å². The van der Waals surface area contributed by atoms with Crippen molar-refractivity contribution in [3.8, 4) is 0 Å². The molecule has 0 aromatic heterocycles. The second kappa shape index (κ2) is 4.00. The van der Waals surface area contributed by atoms with Crippen LogP contribution < -0.4 is 0 Å². The summed E-state index contributed by atoms with van der Waals surface area (Å²) in [5.74, 6) is 0.356. The van der Waals surface area contributed by atoms with Gasteiger partial charge in [0.1, 0.15) is 0 Å². The lowest BCUT2D eigenvalue weighted by atomic mass is 10.1.